The van der Waals surface area contributed by atoms with E-state index in [2.05, 4.69) is 5.32 Å². The number of amides is 1. The van der Waals surface area contributed by atoms with Crippen molar-refractivity contribution in [3.63, 3.8) is 0 Å². The van der Waals surface area contributed by atoms with Crippen molar-refractivity contribution >= 4 is 17.5 Å². The average Bonchev–Trinajstić information content (AvgIpc) is 2.69. The summed E-state index contributed by atoms with van der Waals surface area (Å²) in [6.07, 6.45) is -0.237. The number of Topliss-reactive ketones (excluding diaryl/α,β-unsaturated/α-hetero) is 2. The number of carbonyl (C=O) groups is 3. The van der Waals surface area contributed by atoms with Crippen LogP contribution in [0.2, 0.25) is 0 Å². The maximum atomic E-state index is 12.6. The number of benzene rings is 1. The molecule has 29 heavy (non-hydrogen) atoms. The molecule has 0 aliphatic rings. The molecule has 6 N–H and O–H groups in total. The maximum absolute atomic E-state index is 12.6. The third kappa shape index (κ3) is 8.43. The van der Waals surface area contributed by atoms with E-state index in [-0.39, 0.29) is 42.8 Å². The lowest BCUT2D eigenvalue weighted by Gasteiger charge is -2.24. The Balaban J connectivity index is 2.72. The molecule has 0 heterocycles. The molecular formula is C22H35N3O4. The van der Waals surface area contributed by atoms with Gasteiger partial charge in [-0.15, -0.1) is 0 Å². The standard InChI is InChI=1S/C22H35N3O4/c1-14(2)21(28)20(13-24)25-22(29)19(15(3)26)11-18(27)10-17(12-23)9-16-7-5-4-6-8-16/h4-8,14-15,17,19-20,26H,9-13,23-24H2,1-3H3,(H,25,29)/t15?,17?,19-,20-/m0/s1. The van der Waals surface area contributed by atoms with E-state index in [0.717, 1.165) is 5.56 Å². The van der Waals surface area contributed by atoms with Crippen LogP contribution in [-0.4, -0.2) is 47.8 Å². The Morgan fingerprint density at radius 1 is 1.00 bits per heavy atom. The molecule has 0 aliphatic heterocycles. The highest BCUT2D eigenvalue weighted by molar-refractivity contribution is 5.93. The van der Waals surface area contributed by atoms with Crippen LogP contribution in [0.15, 0.2) is 30.3 Å². The van der Waals surface area contributed by atoms with Gasteiger partial charge in [-0.05, 0) is 31.4 Å². The second kappa shape index (κ2) is 12.5. The highest BCUT2D eigenvalue weighted by Gasteiger charge is 2.30. The Hall–Kier alpha value is -2.09. The first-order valence-electron chi connectivity index (χ1n) is 10.2. The summed E-state index contributed by atoms with van der Waals surface area (Å²) in [5, 5.41) is 12.6. The summed E-state index contributed by atoms with van der Waals surface area (Å²) in [7, 11) is 0. The predicted molar refractivity (Wildman–Crippen MR) is 113 cm³/mol. The van der Waals surface area contributed by atoms with Crippen molar-refractivity contribution in [2.45, 2.75) is 52.2 Å². The number of aliphatic hydroxyl groups is 1. The predicted octanol–water partition coefficient (Wildman–Crippen LogP) is 0.819. The zero-order valence-corrected chi connectivity index (χ0v) is 17.6. The van der Waals surface area contributed by atoms with Gasteiger partial charge in [-0.25, -0.2) is 0 Å². The summed E-state index contributed by atoms with van der Waals surface area (Å²) < 4.78 is 0. The summed E-state index contributed by atoms with van der Waals surface area (Å²) in [4.78, 5) is 37.3. The van der Waals surface area contributed by atoms with Crippen LogP contribution in [0.1, 0.15) is 39.2 Å². The van der Waals surface area contributed by atoms with E-state index in [0.29, 0.717) is 13.0 Å². The smallest absolute Gasteiger partial charge is 0.226 e. The van der Waals surface area contributed by atoms with Gasteiger partial charge in [0, 0.05) is 25.3 Å². The van der Waals surface area contributed by atoms with Gasteiger partial charge in [0.1, 0.15) is 5.78 Å². The highest BCUT2D eigenvalue weighted by Crippen LogP contribution is 2.17. The molecule has 2 unspecified atom stereocenters. The Morgan fingerprint density at radius 3 is 2.10 bits per heavy atom. The molecule has 4 atom stereocenters. The normalized spacial score (nSPS) is 15.4. The van der Waals surface area contributed by atoms with Crippen molar-refractivity contribution < 1.29 is 19.5 Å². The maximum Gasteiger partial charge on any atom is 0.226 e. The molecule has 1 aromatic rings. The van der Waals surface area contributed by atoms with Crippen LogP contribution in [0.25, 0.3) is 0 Å². The largest absolute Gasteiger partial charge is 0.393 e. The fourth-order valence-electron chi connectivity index (χ4n) is 3.25. The van der Waals surface area contributed by atoms with Crippen LogP contribution < -0.4 is 16.8 Å². The van der Waals surface area contributed by atoms with E-state index >= 15 is 0 Å². The van der Waals surface area contributed by atoms with Crippen molar-refractivity contribution in [2.75, 3.05) is 13.1 Å². The first-order chi connectivity index (χ1) is 13.7. The minimum absolute atomic E-state index is 0.0322. The molecule has 162 valence electrons. The number of rotatable bonds is 13. The highest BCUT2D eigenvalue weighted by atomic mass is 16.3. The molecule has 1 amide bonds. The second-order valence-electron chi connectivity index (χ2n) is 7.94. The molecule has 0 saturated carbocycles. The number of ketones is 2. The van der Waals surface area contributed by atoms with Crippen molar-refractivity contribution in [1.82, 2.24) is 5.32 Å². The second-order valence-corrected chi connectivity index (χ2v) is 7.94. The third-order valence-electron chi connectivity index (χ3n) is 5.05. The van der Waals surface area contributed by atoms with Crippen LogP contribution in [0.3, 0.4) is 0 Å². The van der Waals surface area contributed by atoms with Gasteiger partial charge in [0.2, 0.25) is 5.91 Å². The summed E-state index contributed by atoms with van der Waals surface area (Å²) in [5.41, 5.74) is 12.5. The van der Waals surface area contributed by atoms with Crippen LogP contribution in [-0.2, 0) is 20.8 Å². The Bertz CT molecular complexity index is 661. The van der Waals surface area contributed by atoms with Gasteiger partial charge in [0.05, 0.1) is 18.1 Å². The Morgan fingerprint density at radius 2 is 1.62 bits per heavy atom. The van der Waals surface area contributed by atoms with E-state index in [1.807, 2.05) is 30.3 Å². The van der Waals surface area contributed by atoms with Gasteiger partial charge < -0.3 is 21.9 Å². The average molecular weight is 406 g/mol. The molecule has 0 aliphatic carbocycles. The van der Waals surface area contributed by atoms with Crippen LogP contribution >= 0.6 is 0 Å². The van der Waals surface area contributed by atoms with E-state index in [4.69, 9.17) is 11.5 Å². The zero-order chi connectivity index (χ0) is 22.0. The Kier molecular flexibility index (Phi) is 10.7. The van der Waals surface area contributed by atoms with Crippen LogP contribution in [0, 0.1) is 17.8 Å². The van der Waals surface area contributed by atoms with Gasteiger partial charge in [0.25, 0.3) is 0 Å². The fourth-order valence-corrected chi connectivity index (χ4v) is 3.25. The van der Waals surface area contributed by atoms with E-state index in [1.165, 1.54) is 6.92 Å². The van der Waals surface area contributed by atoms with Gasteiger partial charge in [-0.3, -0.25) is 14.4 Å². The molecule has 1 rings (SSSR count). The van der Waals surface area contributed by atoms with Crippen LogP contribution in [0.5, 0.6) is 0 Å². The molecule has 0 saturated heterocycles. The summed E-state index contributed by atoms with van der Waals surface area (Å²) in [6.45, 7) is 5.24. The zero-order valence-electron chi connectivity index (χ0n) is 17.6. The number of hydrogen-bond donors (Lipinski definition) is 4. The number of carbonyl (C=O) groups excluding carboxylic acids is 3. The van der Waals surface area contributed by atoms with Crippen molar-refractivity contribution in [2.24, 2.45) is 29.2 Å². The van der Waals surface area contributed by atoms with Crippen LogP contribution in [0.4, 0.5) is 0 Å². The lowest BCUT2D eigenvalue weighted by atomic mass is 9.88. The van der Waals surface area contributed by atoms with Crippen molar-refractivity contribution in [3.05, 3.63) is 35.9 Å². The fraction of sp³-hybridized carbons (Fsp3) is 0.591. The van der Waals surface area contributed by atoms with Gasteiger partial charge >= 0.3 is 0 Å². The molecule has 7 nitrogen and oxygen atoms in total. The number of nitrogens with one attached hydrogen (secondary N) is 1. The number of nitrogens with two attached hydrogens (primary N) is 2. The molecule has 0 radical (unpaired) electrons. The van der Waals surface area contributed by atoms with E-state index < -0.39 is 24.0 Å². The molecule has 7 heteroatoms. The molecule has 0 fully saturated rings. The van der Waals surface area contributed by atoms with Gasteiger partial charge in [-0.1, -0.05) is 44.2 Å². The minimum atomic E-state index is -1.03. The van der Waals surface area contributed by atoms with Gasteiger partial charge in [-0.2, -0.15) is 0 Å². The lowest BCUT2D eigenvalue weighted by Crippen LogP contribution is -2.51. The summed E-state index contributed by atoms with van der Waals surface area (Å²) in [6, 6.07) is 8.94. The number of aliphatic hydroxyl groups excluding tert-OH is 1. The third-order valence-corrected chi connectivity index (χ3v) is 5.05. The first kappa shape index (κ1) is 24.9. The lowest BCUT2D eigenvalue weighted by molar-refractivity contribution is -0.136. The SMILES string of the molecule is CC(C)C(=O)[C@H](CN)NC(=O)[C@@H](CC(=O)CC(CN)Cc1ccccc1)C(C)O. The summed E-state index contributed by atoms with van der Waals surface area (Å²) in [5.74, 6) is -2.11. The molecular weight excluding hydrogens is 370 g/mol. The quantitative estimate of drug-likeness (QED) is 0.384. The van der Waals surface area contributed by atoms with Gasteiger partial charge in [0.15, 0.2) is 5.78 Å². The monoisotopic (exact) mass is 405 g/mol. The van der Waals surface area contributed by atoms with E-state index in [9.17, 15) is 19.5 Å². The topological polar surface area (TPSA) is 136 Å². The van der Waals surface area contributed by atoms with Crippen molar-refractivity contribution in [1.29, 1.82) is 0 Å². The van der Waals surface area contributed by atoms with Crippen molar-refractivity contribution in [3.8, 4) is 0 Å². The molecule has 0 bridgehead atoms. The summed E-state index contributed by atoms with van der Waals surface area (Å²) >= 11 is 0. The minimum Gasteiger partial charge on any atom is -0.393 e. The number of hydrogen-bond acceptors (Lipinski definition) is 6. The molecule has 0 aromatic heterocycles. The van der Waals surface area contributed by atoms with E-state index in [1.54, 1.807) is 13.8 Å². The molecule has 0 spiro atoms. The Labute approximate surface area is 173 Å². The first-order valence-corrected chi connectivity index (χ1v) is 10.2. The molecule has 1 aromatic carbocycles.